The molecule has 2 N–H and O–H groups in total. The number of aromatic nitrogens is 1. The minimum atomic E-state index is -0.777. The van der Waals surface area contributed by atoms with Gasteiger partial charge in [0.2, 0.25) is 5.89 Å². The topological polar surface area (TPSA) is 93.5 Å². The summed E-state index contributed by atoms with van der Waals surface area (Å²) >= 11 is 0. The van der Waals surface area contributed by atoms with Gasteiger partial charge >= 0.3 is 5.97 Å². The van der Waals surface area contributed by atoms with Crippen LogP contribution in [0.2, 0.25) is 0 Å². The number of rotatable bonds is 6. The number of hydrogen-bond acceptors (Lipinski definition) is 6. The summed E-state index contributed by atoms with van der Waals surface area (Å²) in [6.07, 6.45) is 3.30. The average Bonchev–Trinajstić information content (AvgIpc) is 3.31. The zero-order valence-electron chi connectivity index (χ0n) is 14.0. The summed E-state index contributed by atoms with van der Waals surface area (Å²) in [4.78, 5) is 28.4. The van der Waals surface area contributed by atoms with Crippen molar-refractivity contribution in [2.24, 2.45) is 0 Å². The molecule has 1 aliphatic rings. The lowest BCUT2D eigenvalue weighted by Gasteiger charge is -2.12. The predicted octanol–water partition coefficient (Wildman–Crippen LogP) is 1.96. The fourth-order valence-electron chi connectivity index (χ4n) is 2.63. The van der Waals surface area contributed by atoms with E-state index in [1.165, 1.54) is 6.26 Å². The number of benzene rings is 1. The third kappa shape index (κ3) is 4.45. The highest BCUT2D eigenvalue weighted by Gasteiger charge is 2.24. The van der Waals surface area contributed by atoms with Crippen LogP contribution in [0.4, 0.5) is 0 Å². The molecular formula is C18H21N3O4. The molecule has 2 heterocycles. The largest absolute Gasteiger partial charge is 0.459 e. The Morgan fingerprint density at radius 3 is 2.92 bits per heavy atom. The number of carbonyl (C=O) groups excluding carboxylic acids is 2. The highest BCUT2D eigenvalue weighted by molar-refractivity contribution is 5.94. The summed E-state index contributed by atoms with van der Waals surface area (Å²) in [6, 6.07) is 8.64. The average molecular weight is 343 g/mol. The van der Waals surface area contributed by atoms with Gasteiger partial charge in [0.1, 0.15) is 18.9 Å². The molecule has 132 valence electrons. The lowest BCUT2D eigenvalue weighted by Crippen LogP contribution is -2.39. The Morgan fingerprint density at radius 2 is 2.20 bits per heavy atom. The van der Waals surface area contributed by atoms with Gasteiger partial charge in [-0.1, -0.05) is 30.3 Å². The van der Waals surface area contributed by atoms with Gasteiger partial charge in [0.05, 0.1) is 6.04 Å². The van der Waals surface area contributed by atoms with Gasteiger partial charge in [0.25, 0.3) is 5.91 Å². The standard InChI is InChI=1S/C18H21N3O4/c1-12(18(23)25-10-13-6-3-2-4-7-13)20-16(22)15-11-24-17(21-15)14-8-5-9-19-14/h2-4,6-7,11-12,14,19H,5,8-10H2,1H3,(H,20,22). The van der Waals surface area contributed by atoms with Crippen LogP contribution in [0.15, 0.2) is 41.0 Å². The quantitative estimate of drug-likeness (QED) is 0.779. The molecule has 0 radical (unpaired) electrons. The molecule has 1 amide bonds. The van der Waals surface area contributed by atoms with Crippen molar-refractivity contribution in [1.29, 1.82) is 0 Å². The van der Waals surface area contributed by atoms with Gasteiger partial charge in [-0.3, -0.25) is 4.79 Å². The molecule has 1 saturated heterocycles. The third-order valence-electron chi connectivity index (χ3n) is 4.04. The Morgan fingerprint density at radius 1 is 1.40 bits per heavy atom. The van der Waals surface area contributed by atoms with E-state index in [0.717, 1.165) is 24.9 Å². The number of nitrogens with zero attached hydrogens (tertiary/aromatic N) is 1. The van der Waals surface area contributed by atoms with Crippen LogP contribution in [0.5, 0.6) is 0 Å². The van der Waals surface area contributed by atoms with Gasteiger partial charge in [-0.25, -0.2) is 9.78 Å². The monoisotopic (exact) mass is 343 g/mol. The van der Waals surface area contributed by atoms with E-state index in [-0.39, 0.29) is 18.3 Å². The van der Waals surface area contributed by atoms with Crippen LogP contribution in [0.3, 0.4) is 0 Å². The molecule has 7 heteroatoms. The third-order valence-corrected chi connectivity index (χ3v) is 4.04. The number of oxazole rings is 1. The number of carbonyl (C=O) groups is 2. The van der Waals surface area contributed by atoms with Gasteiger partial charge in [0.15, 0.2) is 5.69 Å². The second-order valence-corrected chi connectivity index (χ2v) is 6.01. The lowest BCUT2D eigenvalue weighted by atomic mass is 10.2. The van der Waals surface area contributed by atoms with Gasteiger partial charge in [0, 0.05) is 0 Å². The molecule has 25 heavy (non-hydrogen) atoms. The summed E-state index contributed by atoms with van der Waals surface area (Å²) in [5.74, 6) is -0.461. The fraction of sp³-hybridized carbons (Fsp3) is 0.389. The maximum absolute atomic E-state index is 12.2. The van der Waals surface area contributed by atoms with E-state index in [1.54, 1.807) is 6.92 Å². The van der Waals surface area contributed by atoms with Crippen molar-refractivity contribution in [1.82, 2.24) is 15.6 Å². The molecule has 0 spiro atoms. The van der Waals surface area contributed by atoms with Gasteiger partial charge in [-0.2, -0.15) is 0 Å². The molecule has 3 rings (SSSR count). The van der Waals surface area contributed by atoms with Crippen molar-refractivity contribution in [3.63, 3.8) is 0 Å². The molecular weight excluding hydrogens is 322 g/mol. The first kappa shape index (κ1) is 17.2. The van der Waals surface area contributed by atoms with Gasteiger partial charge in [-0.05, 0) is 31.9 Å². The number of amides is 1. The van der Waals surface area contributed by atoms with Crippen molar-refractivity contribution in [2.45, 2.75) is 38.5 Å². The molecule has 0 bridgehead atoms. The highest BCUT2D eigenvalue weighted by Crippen LogP contribution is 2.22. The second kappa shape index (κ2) is 7.94. The Balaban J connectivity index is 1.50. The molecule has 2 atom stereocenters. The summed E-state index contributed by atoms with van der Waals surface area (Å²) in [7, 11) is 0. The van der Waals surface area contributed by atoms with Crippen LogP contribution < -0.4 is 10.6 Å². The number of nitrogens with one attached hydrogen (secondary N) is 2. The van der Waals surface area contributed by atoms with E-state index in [4.69, 9.17) is 9.15 Å². The minimum Gasteiger partial charge on any atom is -0.459 e. The molecule has 2 unspecified atom stereocenters. The molecule has 1 aromatic carbocycles. The van der Waals surface area contributed by atoms with E-state index in [1.807, 2.05) is 30.3 Å². The molecule has 2 aromatic rings. The Labute approximate surface area is 145 Å². The maximum Gasteiger partial charge on any atom is 0.328 e. The van der Waals surface area contributed by atoms with Crippen LogP contribution in [-0.4, -0.2) is 29.4 Å². The van der Waals surface area contributed by atoms with E-state index in [0.29, 0.717) is 5.89 Å². The second-order valence-electron chi connectivity index (χ2n) is 6.01. The Bertz CT molecular complexity index is 723. The SMILES string of the molecule is CC(NC(=O)c1coc(C2CCCN2)n1)C(=O)OCc1ccccc1. The summed E-state index contributed by atoms with van der Waals surface area (Å²) < 4.78 is 10.6. The zero-order chi connectivity index (χ0) is 17.6. The van der Waals surface area contributed by atoms with Crippen molar-refractivity contribution in [3.8, 4) is 0 Å². The molecule has 1 aliphatic heterocycles. The van der Waals surface area contributed by atoms with Crippen molar-refractivity contribution >= 4 is 11.9 Å². The van der Waals surface area contributed by atoms with E-state index < -0.39 is 17.9 Å². The van der Waals surface area contributed by atoms with Crippen molar-refractivity contribution in [2.75, 3.05) is 6.54 Å². The first-order chi connectivity index (χ1) is 12.1. The Hall–Kier alpha value is -2.67. The summed E-state index contributed by atoms with van der Waals surface area (Å²) in [6.45, 7) is 2.66. The minimum absolute atomic E-state index is 0.0508. The zero-order valence-corrected chi connectivity index (χ0v) is 14.0. The van der Waals surface area contributed by atoms with Crippen LogP contribution in [0.25, 0.3) is 0 Å². The normalized spacial score (nSPS) is 17.9. The highest BCUT2D eigenvalue weighted by atomic mass is 16.5. The molecule has 1 aromatic heterocycles. The number of esters is 1. The first-order valence-corrected chi connectivity index (χ1v) is 8.33. The molecule has 7 nitrogen and oxygen atoms in total. The van der Waals surface area contributed by atoms with E-state index in [9.17, 15) is 9.59 Å². The first-order valence-electron chi connectivity index (χ1n) is 8.33. The van der Waals surface area contributed by atoms with E-state index >= 15 is 0 Å². The van der Waals surface area contributed by atoms with Crippen molar-refractivity contribution in [3.05, 3.63) is 53.7 Å². The predicted molar refractivity (Wildman–Crippen MR) is 89.6 cm³/mol. The van der Waals surface area contributed by atoms with Crippen molar-refractivity contribution < 1.29 is 18.7 Å². The molecule has 0 aliphatic carbocycles. The fourth-order valence-corrected chi connectivity index (χ4v) is 2.63. The van der Waals surface area contributed by atoms with Gasteiger partial charge in [-0.15, -0.1) is 0 Å². The smallest absolute Gasteiger partial charge is 0.328 e. The summed E-state index contributed by atoms with van der Waals surface area (Å²) in [5, 5.41) is 5.83. The maximum atomic E-state index is 12.2. The lowest BCUT2D eigenvalue weighted by molar-refractivity contribution is -0.146. The molecule has 1 fully saturated rings. The Kier molecular flexibility index (Phi) is 5.45. The summed E-state index contributed by atoms with van der Waals surface area (Å²) in [5.41, 5.74) is 1.05. The van der Waals surface area contributed by atoms with Gasteiger partial charge < -0.3 is 19.8 Å². The van der Waals surface area contributed by atoms with Crippen LogP contribution in [-0.2, 0) is 16.1 Å². The van der Waals surface area contributed by atoms with E-state index in [2.05, 4.69) is 15.6 Å². The van der Waals surface area contributed by atoms with Crippen LogP contribution in [0, 0.1) is 0 Å². The number of ether oxygens (including phenoxy) is 1. The van der Waals surface area contributed by atoms with Crippen LogP contribution >= 0.6 is 0 Å². The number of hydrogen-bond donors (Lipinski definition) is 2. The molecule has 0 saturated carbocycles. The van der Waals surface area contributed by atoms with Crippen LogP contribution in [0.1, 0.15) is 47.7 Å².